The number of rotatable bonds is 3. The zero-order chi connectivity index (χ0) is 14.0. The van der Waals surface area contributed by atoms with Crippen LogP contribution in [0.5, 0.6) is 0 Å². The third-order valence-corrected chi connectivity index (χ3v) is 3.55. The van der Waals surface area contributed by atoms with E-state index in [-0.39, 0.29) is 17.8 Å². The van der Waals surface area contributed by atoms with E-state index >= 15 is 0 Å². The standard InChI is InChI=1S/C11H11F3N2O2S/c1-2-8-6(3-4-18-8)15-9(17)7-5-19-10(16-7)11(12,13)14/h2,5-6,8H,1,3-4H2,(H,15,17)/t6-,8+/m1/s1. The molecule has 1 fully saturated rings. The summed E-state index contributed by atoms with van der Waals surface area (Å²) in [6, 6.07) is -0.277. The molecule has 0 bridgehead atoms. The number of amides is 1. The second-order valence-corrected chi connectivity index (χ2v) is 4.83. The fourth-order valence-electron chi connectivity index (χ4n) is 1.75. The molecule has 0 unspecified atom stereocenters. The van der Waals surface area contributed by atoms with Gasteiger partial charge in [0, 0.05) is 12.0 Å². The van der Waals surface area contributed by atoms with Crippen LogP contribution in [0.1, 0.15) is 21.9 Å². The molecule has 2 heterocycles. The molecule has 0 aromatic carbocycles. The minimum absolute atomic E-state index is 0.230. The second-order valence-electron chi connectivity index (χ2n) is 3.98. The van der Waals surface area contributed by atoms with Gasteiger partial charge in [-0.15, -0.1) is 17.9 Å². The average Bonchev–Trinajstić information content (AvgIpc) is 2.95. The van der Waals surface area contributed by atoms with Crippen LogP contribution in [-0.4, -0.2) is 29.6 Å². The lowest BCUT2D eigenvalue weighted by molar-refractivity contribution is -0.137. The van der Waals surface area contributed by atoms with Gasteiger partial charge in [-0.3, -0.25) is 4.79 Å². The first-order chi connectivity index (χ1) is 8.91. The lowest BCUT2D eigenvalue weighted by Crippen LogP contribution is -2.39. The SMILES string of the molecule is C=C[C@@H]1OCC[C@H]1NC(=O)c1csc(C(F)(F)F)n1. The molecule has 1 aromatic heterocycles. The first-order valence-electron chi connectivity index (χ1n) is 5.49. The third kappa shape index (κ3) is 3.13. The van der Waals surface area contributed by atoms with Crippen LogP contribution < -0.4 is 5.32 Å². The van der Waals surface area contributed by atoms with Crippen LogP contribution in [0, 0.1) is 0 Å². The molecule has 1 N–H and O–H groups in total. The number of thiazole rings is 1. The highest BCUT2D eigenvalue weighted by Gasteiger charge is 2.35. The van der Waals surface area contributed by atoms with Crippen molar-refractivity contribution in [2.24, 2.45) is 0 Å². The molecule has 0 saturated carbocycles. The smallest absolute Gasteiger partial charge is 0.372 e. The van der Waals surface area contributed by atoms with E-state index in [4.69, 9.17) is 4.74 Å². The summed E-state index contributed by atoms with van der Waals surface area (Å²) >= 11 is 0.401. The Morgan fingerprint density at radius 2 is 2.37 bits per heavy atom. The van der Waals surface area contributed by atoms with Gasteiger partial charge in [0.25, 0.3) is 5.91 Å². The highest BCUT2D eigenvalue weighted by atomic mass is 32.1. The maximum Gasteiger partial charge on any atom is 0.443 e. The van der Waals surface area contributed by atoms with Gasteiger partial charge in [-0.2, -0.15) is 13.2 Å². The van der Waals surface area contributed by atoms with Crippen LogP contribution in [0.25, 0.3) is 0 Å². The lowest BCUT2D eigenvalue weighted by Gasteiger charge is -2.15. The summed E-state index contributed by atoms with van der Waals surface area (Å²) < 4.78 is 42.4. The second kappa shape index (κ2) is 5.30. The van der Waals surface area contributed by atoms with Crippen LogP contribution in [0.2, 0.25) is 0 Å². The molecule has 1 amide bonds. The van der Waals surface area contributed by atoms with Crippen molar-refractivity contribution in [2.45, 2.75) is 24.7 Å². The molecular formula is C11H11F3N2O2S. The van der Waals surface area contributed by atoms with Gasteiger partial charge >= 0.3 is 6.18 Å². The van der Waals surface area contributed by atoms with Gasteiger partial charge in [-0.25, -0.2) is 4.98 Å². The summed E-state index contributed by atoms with van der Waals surface area (Å²) in [5.74, 6) is -0.630. The quantitative estimate of drug-likeness (QED) is 0.869. The predicted octanol–water partition coefficient (Wildman–Crippen LogP) is 2.24. The number of aromatic nitrogens is 1. The van der Waals surface area contributed by atoms with E-state index in [0.717, 1.165) is 5.38 Å². The van der Waals surface area contributed by atoms with E-state index < -0.39 is 17.1 Å². The Morgan fingerprint density at radius 1 is 1.63 bits per heavy atom. The number of halogens is 3. The van der Waals surface area contributed by atoms with Crippen LogP contribution in [-0.2, 0) is 10.9 Å². The Bertz CT molecular complexity index is 487. The van der Waals surface area contributed by atoms with Crippen molar-refractivity contribution in [1.82, 2.24) is 10.3 Å². The van der Waals surface area contributed by atoms with E-state index in [1.54, 1.807) is 6.08 Å². The van der Waals surface area contributed by atoms with Gasteiger partial charge in [-0.05, 0) is 6.42 Å². The molecule has 4 nitrogen and oxygen atoms in total. The minimum atomic E-state index is -4.52. The molecule has 19 heavy (non-hydrogen) atoms. The number of carbonyl (C=O) groups excluding carboxylic acids is 1. The van der Waals surface area contributed by atoms with Gasteiger partial charge in [0.2, 0.25) is 0 Å². The molecule has 1 aromatic rings. The van der Waals surface area contributed by atoms with Crippen molar-refractivity contribution in [3.8, 4) is 0 Å². The van der Waals surface area contributed by atoms with Gasteiger partial charge < -0.3 is 10.1 Å². The lowest BCUT2D eigenvalue weighted by atomic mass is 10.1. The molecule has 104 valence electrons. The molecule has 8 heteroatoms. The van der Waals surface area contributed by atoms with E-state index in [0.29, 0.717) is 24.4 Å². The Hall–Kier alpha value is -1.41. The summed E-state index contributed by atoms with van der Waals surface area (Å²) in [6.07, 6.45) is -2.69. The van der Waals surface area contributed by atoms with Crippen LogP contribution in [0.4, 0.5) is 13.2 Å². The Labute approximate surface area is 111 Å². The number of hydrogen-bond acceptors (Lipinski definition) is 4. The Balaban J connectivity index is 2.04. The molecule has 0 spiro atoms. The Morgan fingerprint density at radius 3 is 2.95 bits per heavy atom. The fraction of sp³-hybridized carbons (Fsp3) is 0.455. The number of hydrogen-bond donors (Lipinski definition) is 1. The van der Waals surface area contributed by atoms with Crippen LogP contribution >= 0.6 is 11.3 Å². The highest BCUT2D eigenvalue weighted by molar-refractivity contribution is 7.09. The van der Waals surface area contributed by atoms with E-state index in [1.807, 2.05) is 0 Å². The first-order valence-corrected chi connectivity index (χ1v) is 6.37. The number of nitrogens with one attached hydrogen (secondary N) is 1. The molecule has 1 aliphatic heterocycles. The summed E-state index contributed by atoms with van der Waals surface area (Å²) in [5.41, 5.74) is -0.230. The summed E-state index contributed by atoms with van der Waals surface area (Å²) in [6.45, 7) is 4.05. The first kappa shape index (κ1) is 14.0. The molecule has 1 aliphatic rings. The summed E-state index contributed by atoms with van der Waals surface area (Å²) in [5, 5.41) is 2.67. The highest BCUT2D eigenvalue weighted by Crippen LogP contribution is 2.31. The van der Waals surface area contributed by atoms with Gasteiger partial charge in [0.15, 0.2) is 5.01 Å². The molecule has 2 rings (SSSR count). The van der Waals surface area contributed by atoms with Gasteiger partial charge in [0.05, 0.1) is 12.1 Å². The minimum Gasteiger partial charge on any atom is -0.372 e. The van der Waals surface area contributed by atoms with Crippen molar-refractivity contribution < 1.29 is 22.7 Å². The number of nitrogens with zero attached hydrogens (tertiary/aromatic N) is 1. The Kier molecular flexibility index (Phi) is 3.91. The van der Waals surface area contributed by atoms with Gasteiger partial charge in [0.1, 0.15) is 5.69 Å². The summed E-state index contributed by atoms with van der Waals surface area (Å²) in [4.78, 5) is 15.1. The van der Waals surface area contributed by atoms with E-state index in [2.05, 4.69) is 16.9 Å². The average molecular weight is 292 g/mol. The molecule has 0 radical (unpaired) electrons. The van der Waals surface area contributed by atoms with Crippen molar-refractivity contribution in [1.29, 1.82) is 0 Å². The molecule has 1 saturated heterocycles. The fourth-order valence-corrected chi connectivity index (χ4v) is 2.42. The van der Waals surface area contributed by atoms with Crippen LogP contribution in [0.15, 0.2) is 18.0 Å². The normalized spacial score (nSPS) is 23.3. The topological polar surface area (TPSA) is 51.2 Å². The van der Waals surface area contributed by atoms with Crippen molar-refractivity contribution in [2.75, 3.05) is 6.61 Å². The van der Waals surface area contributed by atoms with Crippen molar-refractivity contribution in [3.05, 3.63) is 28.7 Å². The summed E-state index contributed by atoms with van der Waals surface area (Å²) in [7, 11) is 0. The maximum absolute atomic E-state index is 12.4. The van der Waals surface area contributed by atoms with E-state index in [9.17, 15) is 18.0 Å². The molecule has 2 atom stereocenters. The number of ether oxygens (including phenoxy) is 1. The molecular weight excluding hydrogens is 281 g/mol. The zero-order valence-electron chi connectivity index (χ0n) is 9.74. The third-order valence-electron chi connectivity index (χ3n) is 2.66. The van der Waals surface area contributed by atoms with Crippen molar-refractivity contribution in [3.63, 3.8) is 0 Å². The maximum atomic E-state index is 12.4. The monoisotopic (exact) mass is 292 g/mol. The largest absolute Gasteiger partial charge is 0.443 e. The number of carbonyl (C=O) groups is 1. The van der Waals surface area contributed by atoms with E-state index in [1.165, 1.54) is 0 Å². The zero-order valence-corrected chi connectivity index (χ0v) is 10.6. The predicted molar refractivity (Wildman–Crippen MR) is 62.9 cm³/mol. The van der Waals surface area contributed by atoms with Crippen molar-refractivity contribution >= 4 is 17.2 Å². The number of alkyl halides is 3. The van der Waals surface area contributed by atoms with Crippen LogP contribution in [0.3, 0.4) is 0 Å². The van der Waals surface area contributed by atoms with Gasteiger partial charge in [-0.1, -0.05) is 6.08 Å². The molecule has 0 aliphatic carbocycles.